The topological polar surface area (TPSA) is 33.1 Å². The van der Waals surface area contributed by atoms with Crippen molar-refractivity contribution in [3.05, 3.63) is 18.0 Å². The third-order valence-electron chi connectivity index (χ3n) is 3.68. The largest absolute Gasteiger partial charge is 0.310 e. The smallest absolute Gasteiger partial charge is 0.0812 e. The van der Waals surface area contributed by atoms with Crippen molar-refractivity contribution in [3.63, 3.8) is 0 Å². The predicted molar refractivity (Wildman–Crippen MR) is 67.4 cm³/mol. The van der Waals surface area contributed by atoms with Gasteiger partial charge in [-0.3, -0.25) is 4.68 Å². The molecule has 0 aliphatic carbocycles. The fourth-order valence-corrected chi connectivity index (χ4v) is 2.14. The number of aryl methyl sites for hydroxylation is 1. The van der Waals surface area contributed by atoms with Gasteiger partial charge in [-0.25, -0.2) is 0 Å². The molecule has 0 saturated carbocycles. The van der Waals surface area contributed by atoms with Crippen LogP contribution < -0.4 is 5.32 Å². The van der Waals surface area contributed by atoms with Crippen LogP contribution in [0.3, 0.4) is 0 Å². The number of nitrogens with zero attached hydrogens (tertiary/aromatic N) is 3. The van der Waals surface area contributed by atoms with Crippen molar-refractivity contribution < 1.29 is 0 Å². The number of rotatable bonds is 5. The summed E-state index contributed by atoms with van der Waals surface area (Å²) in [6.45, 7) is 4.48. The van der Waals surface area contributed by atoms with Crippen molar-refractivity contribution in [3.8, 4) is 0 Å². The van der Waals surface area contributed by atoms with E-state index in [1.165, 1.54) is 0 Å². The average molecular weight is 224 g/mol. The van der Waals surface area contributed by atoms with E-state index in [2.05, 4.69) is 49.3 Å². The van der Waals surface area contributed by atoms with E-state index in [9.17, 15) is 0 Å². The molecule has 1 rings (SSSR count). The maximum absolute atomic E-state index is 4.51. The molecule has 0 spiro atoms. The van der Waals surface area contributed by atoms with Gasteiger partial charge < -0.3 is 10.2 Å². The highest BCUT2D eigenvalue weighted by atomic mass is 15.3. The second kappa shape index (κ2) is 4.97. The zero-order valence-electron chi connectivity index (χ0n) is 11.3. The maximum atomic E-state index is 4.51. The SMILES string of the molecule is CCC(C)(C(NC)c1ccn(C)n1)N(C)C. The van der Waals surface area contributed by atoms with Crippen molar-refractivity contribution in [2.45, 2.75) is 31.8 Å². The van der Waals surface area contributed by atoms with E-state index in [0.717, 1.165) is 12.1 Å². The highest BCUT2D eigenvalue weighted by Gasteiger charge is 2.36. The summed E-state index contributed by atoms with van der Waals surface area (Å²) in [5.74, 6) is 0. The summed E-state index contributed by atoms with van der Waals surface area (Å²) in [7, 11) is 8.19. The molecule has 4 heteroatoms. The molecule has 16 heavy (non-hydrogen) atoms. The Kier molecular flexibility index (Phi) is 4.10. The number of hydrogen-bond donors (Lipinski definition) is 1. The van der Waals surface area contributed by atoms with E-state index in [-0.39, 0.29) is 11.6 Å². The summed E-state index contributed by atoms with van der Waals surface area (Å²) in [4.78, 5) is 2.27. The van der Waals surface area contributed by atoms with Crippen LogP contribution in [0.15, 0.2) is 12.3 Å². The van der Waals surface area contributed by atoms with E-state index >= 15 is 0 Å². The maximum Gasteiger partial charge on any atom is 0.0812 e. The van der Waals surface area contributed by atoms with Gasteiger partial charge in [-0.2, -0.15) is 5.10 Å². The molecule has 2 atom stereocenters. The Morgan fingerprint density at radius 1 is 1.56 bits per heavy atom. The Morgan fingerprint density at radius 2 is 2.19 bits per heavy atom. The highest BCUT2D eigenvalue weighted by molar-refractivity contribution is 5.12. The molecule has 1 N–H and O–H groups in total. The lowest BCUT2D eigenvalue weighted by atomic mass is 9.86. The molecule has 0 aliphatic rings. The average Bonchev–Trinajstić information content (AvgIpc) is 2.65. The van der Waals surface area contributed by atoms with Crippen LogP contribution in [0.4, 0.5) is 0 Å². The summed E-state index contributed by atoms with van der Waals surface area (Å²) >= 11 is 0. The van der Waals surface area contributed by atoms with Gasteiger partial charge in [-0.1, -0.05) is 6.92 Å². The minimum absolute atomic E-state index is 0.0725. The first-order valence-corrected chi connectivity index (χ1v) is 5.80. The highest BCUT2D eigenvalue weighted by Crippen LogP contribution is 2.31. The minimum atomic E-state index is 0.0725. The van der Waals surface area contributed by atoms with Gasteiger partial charge in [0.1, 0.15) is 0 Å². The van der Waals surface area contributed by atoms with Gasteiger partial charge in [0, 0.05) is 18.8 Å². The third kappa shape index (κ3) is 2.28. The molecule has 0 aliphatic heterocycles. The predicted octanol–water partition coefficient (Wildman–Crippen LogP) is 1.41. The molecule has 0 bridgehead atoms. The van der Waals surface area contributed by atoms with Gasteiger partial charge in [0.15, 0.2) is 0 Å². The normalized spacial score (nSPS) is 17.4. The summed E-state index contributed by atoms with van der Waals surface area (Å²) in [6.07, 6.45) is 3.06. The molecule has 0 radical (unpaired) electrons. The van der Waals surface area contributed by atoms with Crippen LogP contribution in [0.5, 0.6) is 0 Å². The molecule has 1 aromatic heterocycles. The first-order valence-electron chi connectivity index (χ1n) is 5.80. The Labute approximate surface area is 98.6 Å². The number of hydrogen-bond acceptors (Lipinski definition) is 3. The molecule has 0 amide bonds. The van der Waals surface area contributed by atoms with Gasteiger partial charge in [-0.15, -0.1) is 0 Å². The second-order valence-electron chi connectivity index (χ2n) is 4.74. The summed E-state index contributed by atoms with van der Waals surface area (Å²) in [5, 5.41) is 7.89. The molecule has 0 aromatic carbocycles. The molecular formula is C12H24N4. The molecule has 1 aromatic rings. The fourth-order valence-electron chi connectivity index (χ4n) is 2.14. The van der Waals surface area contributed by atoms with E-state index < -0.39 is 0 Å². The molecule has 2 unspecified atom stereocenters. The lowest BCUT2D eigenvalue weighted by Crippen LogP contribution is -2.50. The van der Waals surface area contributed by atoms with Crippen LogP contribution in [0.25, 0.3) is 0 Å². The summed E-state index contributed by atoms with van der Waals surface area (Å²) in [5.41, 5.74) is 1.17. The van der Waals surface area contributed by atoms with Crippen LogP contribution in [-0.2, 0) is 7.05 Å². The molecule has 0 saturated heterocycles. The molecule has 1 heterocycles. The zero-order chi connectivity index (χ0) is 12.3. The first kappa shape index (κ1) is 13.2. The summed E-state index contributed by atoms with van der Waals surface area (Å²) in [6, 6.07) is 2.33. The monoisotopic (exact) mass is 224 g/mol. The van der Waals surface area contributed by atoms with E-state index in [0.29, 0.717) is 0 Å². The molecule has 4 nitrogen and oxygen atoms in total. The summed E-state index contributed by atoms with van der Waals surface area (Å²) < 4.78 is 1.85. The molecular weight excluding hydrogens is 200 g/mol. The fraction of sp³-hybridized carbons (Fsp3) is 0.750. The van der Waals surface area contributed by atoms with Crippen LogP contribution in [0.1, 0.15) is 32.0 Å². The van der Waals surface area contributed by atoms with E-state index in [1.807, 2.05) is 25.0 Å². The van der Waals surface area contributed by atoms with Crippen molar-refractivity contribution >= 4 is 0 Å². The lowest BCUT2D eigenvalue weighted by Gasteiger charge is -2.41. The van der Waals surface area contributed by atoms with Crippen LogP contribution in [0.2, 0.25) is 0 Å². The lowest BCUT2D eigenvalue weighted by molar-refractivity contribution is 0.114. The van der Waals surface area contributed by atoms with E-state index in [4.69, 9.17) is 0 Å². The van der Waals surface area contributed by atoms with Crippen LogP contribution in [0, 0.1) is 0 Å². The van der Waals surface area contributed by atoms with Gasteiger partial charge in [0.05, 0.1) is 11.7 Å². The van der Waals surface area contributed by atoms with Crippen molar-refractivity contribution in [2.24, 2.45) is 7.05 Å². The van der Waals surface area contributed by atoms with Crippen molar-refractivity contribution in [2.75, 3.05) is 21.1 Å². The number of likely N-dealkylation sites (N-methyl/N-ethyl adjacent to an activating group) is 2. The Morgan fingerprint density at radius 3 is 2.50 bits per heavy atom. The molecule has 0 fully saturated rings. The van der Waals surface area contributed by atoms with Gasteiger partial charge in [0.25, 0.3) is 0 Å². The Hall–Kier alpha value is -0.870. The van der Waals surface area contributed by atoms with Gasteiger partial charge >= 0.3 is 0 Å². The van der Waals surface area contributed by atoms with Gasteiger partial charge in [-0.05, 0) is 40.6 Å². The number of nitrogens with one attached hydrogen (secondary N) is 1. The van der Waals surface area contributed by atoms with Crippen LogP contribution in [-0.4, -0.2) is 41.4 Å². The Bertz CT molecular complexity index is 332. The minimum Gasteiger partial charge on any atom is -0.310 e. The standard InChI is InChI=1S/C12H24N4/c1-7-12(2,15(4)5)11(13-3)10-8-9-16(6)14-10/h8-9,11,13H,7H2,1-6H3. The quantitative estimate of drug-likeness (QED) is 0.821. The third-order valence-corrected chi connectivity index (χ3v) is 3.68. The first-order chi connectivity index (χ1) is 7.45. The van der Waals surface area contributed by atoms with E-state index in [1.54, 1.807) is 0 Å². The van der Waals surface area contributed by atoms with Crippen molar-refractivity contribution in [1.82, 2.24) is 20.0 Å². The van der Waals surface area contributed by atoms with Crippen LogP contribution >= 0.6 is 0 Å². The molecule has 92 valence electrons. The second-order valence-corrected chi connectivity index (χ2v) is 4.74. The van der Waals surface area contributed by atoms with Crippen molar-refractivity contribution in [1.29, 1.82) is 0 Å². The van der Waals surface area contributed by atoms with Gasteiger partial charge in [0.2, 0.25) is 0 Å². The zero-order valence-corrected chi connectivity index (χ0v) is 11.3. The number of aromatic nitrogens is 2. The Balaban J connectivity index is 3.05.